The van der Waals surface area contributed by atoms with Crippen molar-refractivity contribution in [1.82, 2.24) is 5.43 Å². The Morgan fingerprint density at radius 1 is 1.35 bits per heavy atom. The second-order valence-corrected chi connectivity index (χ2v) is 5.64. The SMILES string of the molecule is CC#CN.CN/N=C(\C)c1ccc(SCC(C)C)cc1. The molecule has 110 valence electrons. The molecule has 0 atom stereocenters. The first-order valence-corrected chi connectivity index (χ1v) is 7.60. The van der Waals surface area contributed by atoms with Crippen LogP contribution < -0.4 is 11.2 Å². The van der Waals surface area contributed by atoms with Crippen molar-refractivity contribution in [3.05, 3.63) is 29.8 Å². The van der Waals surface area contributed by atoms with E-state index < -0.39 is 0 Å². The number of hydrazone groups is 1. The third kappa shape index (κ3) is 8.49. The van der Waals surface area contributed by atoms with Gasteiger partial charge in [0.25, 0.3) is 0 Å². The molecule has 3 nitrogen and oxygen atoms in total. The van der Waals surface area contributed by atoms with Crippen molar-refractivity contribution in [1.29, 1.82) is 0 Å². The first-order chi connectivity index (χ1) is 9.54. The van der Waals surface area contributed by atoms with Crippen molar-refractivity contribution in [2.75, 3.05) is 12.8 Å². The van der Waals surface area contributed by atoms with E-state index in [0.29, 0.717) is 0 Å². The van der Waals surface area contributed by atoms with E-state index in [1.165, 1.54) is 16.2 Å². The van der Waals surface area contributed by atoms with Crippen LogP contribution in [0.2, 0.25) is 0 Å². The summed E-state index contributed by atoms with van der Waals surface area (Å²) in [6.07, 6.45) is 0. The first kappa shape index (κ1) is 18.4. The van der Waals surface area contributed by atoms with Crippen LogP contribution in [0.4, 0.5) is 0 Å². The van der Waals surface area contributed by atoms with Gasteiger partial charge in [0.2, 0.25) is 0 Å². The Balaban J connectivity index is 0.000000796. The van der Waals surface area contributed by atoms with Crippen LogP contribution in [-0.2, 0) is 0 Å². The van der Waals surface area contributed by atoms with E-state index in [2.05, 4.69) is 66.3 Å². The largest absolute Gasteiger partial charge is 0.359 e. The Morgan fingerprint density at radius 2 is 1.90 bits per heavy atom. The quantitative estimate of drug-likeness (QED) is 0.288. The van der Waals surface area contributed by atoms with Gasteiger partial charge in [-0.1, -0.05) is 31.9 Å². The van der Waals surface area contributed by atoms with Gasteiger partial charge in [-0.05, 0) is 37.5 Å². The van der Waals surface area contributed by atoms with Crippen LogP contribution in [0.25, 0.3) is 0 Å². The van der Waals surface area contributed by atoms with E-state index in [4.69, 9.17) is 0 Å². The zero-order chi connectivity index (χ0) is 15.4. The standard InChI is InChI=1S/C13H20N2S.C3H5N/c1-10(2)9-16-13-7-5-12(6-8-13)11(3)15-14-4;1-2-3-4/h5-8,10,14H,9H2,1-4H3;4H2,1H3/b15-11+;. The van der Waals surface area contributed by atoms with Gasteiger partial charge >= 0.3 is 0 Å². The molecule has 1 rings (SSSR count). The first-order valence-electron chi connectivity index (χ1n) is 6.61. The summed E-state index contributed by atoms with van der Waals surface area (Å²) in [5.74, 6) is 4.36. The summed E-state index contributed by atoms with van der Waals surface area (Å²) in [7, 11) is 1.82. The Bertz CT molecular complexity index is 447. The highest BCUT2D eigenvalue weighted by Crippen LogP contribution is 2.21. The zero-order valence-electron chi connectivity index (χ0n) is 13.0. The average Bonchev–Trinajstić information content (AvgIpc) is 2.46. The Hall–Kier alpha value is -1.60. The lowest BCUT2D eigenvalue weighted by atomic mass is 10.1. The van der Waals surface area contributed by atoms with Crippen LogP contribution in [0, 0.1) is 17.9 Å². The third-order valence-electron chi connectivity index (χ3n) is 2.28. The molecule has 1 aromatic carbocycles. The van der Waals surface area contributed by atoms with Crippen LogP contribution in [0.3, 0.4) is 0 Å². The number of nitrogens with two attached hydrogens (primary N) is 1. The maximum atomic E-state index is 4.67. The normalized spacial score (nSPS) is 10.2. The molecule has 0 unspecified atom stereocenters. The second kappa shape index (κ2) is 11.2. The lowest BCUT2D eigenvalue weighted by Crippen LogP contribution is -2.02. The van der Waals surface area contributed by atoms with E-state index in [9.17, 15) is 0 Å². The van der Waals surface area contributed by atoms with Gasteiger partial charge in [-0.15, -0.1) is 11.8 Å². The minimum absolute atomic E-state index is 0.734. The Kier molecular flexibility index (Phi) is 10.3. The fraction of sp³-hybridized carbons (Fsp3) is 0.438. The molecule has 0 spiro atoms. The van der Waals surface area contributed by atoms with Gasteiger partial charge in [0.1, 0.15) is 0 Å². The molecule has 0 radical (unpaired) electrons. The van der Waals surface area contributed by atoms with Crippen LogP contribution in [0.1, 0.15) is 33.3 Å². The van der Waals surface area contributed by atoms with E-state index in [1.54, 1.807) is 6.92 Å². The summed E-state index contributed by atoms with van der Waals surface area (Å²) in [5.41, 5.74) is 9.66. The molecule has 0 aliphatic carbocycles. The number of rotatable bonds is 5. The van der Waals surface area contributed by atoms with Crippen LogP contribution in [-0.4, -0.2) is 18.5 Å². The van der Waals surface area contributed by atoms with Gasteiger partial charge in [0.15, 0.2) is 0 Å². The van der Waals surface area contributed by atoms with E-state index in [-0.39, 0.29) is 0 Å². The molecule has 0 saturated heterocycles. The lowest BCUT2D eigenvalue weighted by molar-refractivity contribution is 0.750. The number of hydrogen-bond donors (Lipinski definition) is 2. The van der Waals surface area contributed by atoms with Crippen molar-refractivity contribution in [3.8, 4) is 12.0 Å². The summed E-state index contributed by atoms with van der Waals surface area (Å²) in [6, 6.07) is 10.8. The monoisotopic (exact) mass is 291 g/mol. The molecule has 1 aromatic rings. The molecule has 3 N–H and O–H groups in total. The molecular formula is C16H25N3S. The van der Waals surface area contributed by atoms with Gasteiger partial charge in [-0.2, -0.15) is 5.10 Å². The van der Waals surface area contributed by atoms with Crippen molar-refractivity contribution >= 4 is 17.5 Å². The predicted molar refractivity (Wildman–Crippen MR) is 90.9 cm³/mol. The minimum atomic E-state index is 0.734. The number of thioether (sulfide) groups is 1. The molecule has 0 aliphatic rings. The van der Waals surface area contributed by atoms with Crippen LogP contribution >= 0.6 is 11.8 Å². The third-order valence-corrected chi connectivity index (χ3v) is 3.72. The molecule has 0 aromatic heterocycles. The summed E-state index contributed by atoms with van der Waals surface area (Å²) in [6.45, 7) is 8.18. The van der Waals surface area contributed by atoms with Crippen LogP contribution in [0.15, 0.2) is 34.3 Å². The molecule has 0 saturated carbocycles. The van der Waals surface area contributed by atoms with Crippen molar-refractivity contribution in [2.45, 2.75) is 32.6 Å². The van der Waals surface area contributed by atoms with E-state index in [0.717, 1.165) is 11.6 Å². The van der Waals surface area contributed by atoms with E-state index >= 15 is 0 Å². The minimum Gasteiger partial charge on any atom is -0.359 e. The fourth-order valence-corrected chi connectivity index (χ4v) is 2.14. The molecule has 0 fully saturated rings. The number of nitrogens with one attached hydrogen (secondary N) is 1. The molecule has 0 heterocycles. The molecule has 0 aliphatic heterocycles. The van der Waals surface area contributed by atoms with E-state index in [1.807, 2.05) is 25.7 Å². The highest BCUT2D eigenvalue weighted by atomic mass is 32.2. The highest BCUT2D eigenvalue weighted by molar-refractivity contribution is 7.99. The van der Waals surface area contributed by atoms with Crippen molar-refractivity contribution < 1.29 is 0 Å². The number of benzene rings is 1. The molecule has 4 heteroatoms. The molecule has 20 heavy (non-hydrogen) atoms. The summed E-state index contributed by atoms with van der Waals surface area (Å²) >= 11 is 1.91. The predicted octanol–water partition coefficient (Wildman–Crippen LogP) is 3.30. The van der Waals surface area contributed by atoms with Gasteiger partial charge in [-0.3, -0.25) is 0 Å². The van der Waals surface area contributed by atoms with Crippen molar-refractivity contribution in [3.63, 3.8) is 0 Å². The molecule has 0 bridgehead atoms. The maximum Gasteiger partial charge on any atom is 0.0644 e. The summed E-state index contributed by atoms with van der Waals surface area (Å²) < 4.78 is 0. The second-order valence-electron chi connectivity index (χ2n) is 4.54. The topological polar surface area (TPSA) is 50.4 Å². The average molecular weight is 291 g/mol. The van der Waals surface area contributed by atoms with Crippen LogP contribution in [0.5, 0.6) is 0 Å². The van der Waals surface area contributed by atoms with Crippen molar-refractivity contribution in [2.24, 2.45) is 16.8 Å². The van der Waals surface area contributed by atoms with Gasteiger partial charge in [0, 0.05) is 23.7 Å². The fourth-order valence-electron chi connectivity index (χ4n) is 1.29. The molecular weight excluding hydrogens is 266 g/mol. The van der Waals surface area contributed by atoms with Gasteiger partial charge < -0.3 is 11.2 Å². The molecule has 0 amide bonds. The van der Waals surface area contributed by atoms with Gasteiger partial charge in [0.05, 0.1) is 5.71 Å². The smallest absolute Gasteiger partial charge is 0.0644 e. The maximum absolute atomic E-state index is 4.67. The summed E-state index contributed by atoms with van der Waals surface area (Å²) in [5, 5.41) is 4.16. The highest BCUT2D eigenvalue weighted by Gasteiger charge is 2.00. The number of hydrogen-bond acceptors (Lipinski definition) is 4. The Labute approximate surface area is 127 Å². The Morgan fingerprint density at radius 3 is 2.30 bits per heavy atom. The lowest BCUT2D eigenvalue weighted by Gasteiger charge is -2.05. The summed E-state index contributed by atoms with van der Waals surface area (Å²) in [4.78, 5) is 1.33. The zero-order valence-corrected chi connectivity index (χ0v) is 13.8. The van der Waals surface area contributed by atoms with Gasteiger partial charge in [-0.25, -0.2) is 0 Å². The number of nitrogens with zero attached hydrogens (tertiary/aromatic N) is 1.